The van der Waals surface area contributed by atoms with E-state index in [1.165, 1.54) is 116 Å². The fourth-order valence-electron chi connectivity index (χ4n) is 3.92. The summed E-state index contributed by atoms with van der Waals surface area (Å²) in [5.74, 6) is 1.69. The first-order valence-electron chi connectivity index (χ1n) is 12.8. The molecule has 0 bridgehead atoms. The highest BCUT2D eigenvalue weighted by Gasteiger charge is 2.09. The van der Waals surface area contributed by atoms with Crippen molar-refractivity contribution in [2.24, 2.45) is 11.8 Å². The molecule has 0 amide bonds. The first-order chi connectivity index (χ1) is 13.2. The van der Waals surface area contributed by atoms with Crippen molar-refractivity contribution in [3.63, 3.8) is 0 Å². The molecule has 0 aliphatic carbocycles. The van der Waals surface area contributed by atoms with Crippen molar-refractivity contribution < 1.29 is 4.74 Å². The minimum atomic E-state index is 0.819. The molecule has 0 saturated carbocycles. The third-order valence-corrected chi connectivity index (χ3v) is 5.86. The van der Waals surface area contributed by atoms with Gasteiger partial charge >= 0.3 is 0 Å². The van der Waals surface area contributed by atoms with Crippen LogP contribution in [0, 0.1) is 11.8 Å². The van der Waals surface area contributed by atoms with Crippen LogP contribution in [0.2, 0.25) is 0 Å². The number of ether oxygens (including phenoxy) is 1. The van der Waals surface area contributed by atoms with Crippen molar-refractivity contribution in [1.82, 2.24) is 0 Å². The van der Waals surface area contributed by atoms with Gasteiger partial charge in [-0.15, -0.1) is 0 Å². The highest BCUT2D eigenvalue weighted by molar-refractivity contribution is 4.60. The van der Waals surface area contributed by atoms with E-state index in [1.54, 1.807) is 0 Å². The van der Waals surface area contributed by atoms with Crippen molar-refractivity contribution in [3.8, 4) is 0 Å². The predicted molar refractivity (Wildman–Crippen MR) is 124 cm³/mol. The monoisotopic (exact) mass is 382 g/mol. The first-order valence-corrected chi connectivity index (χ1v) is 12.8. The molecule has 0 aliphatic heterocycles. The average molecular weight is 383 g/mol. The summed E-state index contributed by atoms with van der Waals surface area (Å²) < 4.78 is 6.09. The summed E-state index contributed by atoms with van der Waals surface area (Å²) in [6, 6.07) is 0. The van der Waals surface area contributed by atoms with Crippen molar-refractivity contribution in [1.29, 1.82) is 0 Å². The number of unbranched alkanes of at least 4 members (excludes halogenated alkanes) is 12. The van der Waals surface area contributed by atoms with Gasteiger partial charge in [-0.3, -0.25) is 0 Å². The molecule has 1 heteroatoms. The Bertz CT molecular complexity index is 261. The molecule has 0 spiro atoms. The lowest BCUT2D eigenvalue weighted by atomic mass is 9.95. The van der Waals surface area contributed by atoms with Crippen LogP contribution < -0.4 is 0 Å². The van der Waals surface area contributed by atoms with Gasteiger partial charge in [0.2, 0.25) is 0 Å². The van der Waals surface area contributed by atoms with Gasteiger partial charge in [-0.2, -0.15) is 0 Å². The second-order valence-electron chi connectivity index (χ2n) is 9.30. The van der Waals surface area contributed by atoms with Gasteiger partial charge in [-0.1, -0.05) is 124 Å². The third kappa shape index (κ3) is 22.1. The molecule has 27 heavy (non-hydrogen) atoms. The Balaban J connectivity index is 3.69. The zero-order valence-electron chi connectivity index (χ0n) is 19.7. The maximum atomic E-state index is 6.09. The number of hydrogen-bond acceptors (Lipinski definition) is 1. The summed E-state index contributed by atoms with van der Waals surface area (Å²) in [6.07, 6.45) is 25.1. The van der Waals surface area contributed by atoms with Gasteiger partial charge in [0.25, 0.3) is 0 Å². The Hall–Kier alpha value is -0.0400. The van der Waals surface area contributed by atoms with Crippen LogP contribution >= 0.6 is 0 Å². The van der Waals surface area contributed by atoms with E-state index < -0.39 is 0 Å². The Morgan fingerprint density at radius 1 is 0.519 bits per heavy atom. The van der Waals surface area contributed by atoms with E-state index in [2.05, 4.69) is 27.7 Å². The normalized spacial score (nSPS) is 12.8. The Morgan fingerprint density at radius 3 is 1.52 bits per heavy atom. The molecule has 0 aromatic rings. The lowest BCUT2D eigenvalue weighted by molar-refractivity contribution is 0.0878. The van der Waals surface area contributed by atoms with E-state index >= 15 is 0 Å². The number of rotatable bonds is 22. The van der Waals surface area contributed by atoms with E-state index in [0.29, 0.717) is 0 Å². The van der Waals surface area contributed by atoms with Crippen LogP contribution in [0.15, 0.2) is 0 Å². The fourth-order valence-corrected chi connectivity index (χ4v) is 3.92. The molecule has 0 aromatic heterocycles. The minimum absolute atomic E-state index is 0.819. The van der Waals surface area contributed by atoms with Crippen LogP contribution in [-0.2, 0) is 4.74 Å². The molecule has 0 heterocycles. The Morgan fingerprint density at radius 2 is 0.963 bits per heavy atom. The predicted octanol–water partition coefficient (Wildman–Crippen LogP) is 9.34. The Labute approximate surface area is 173 Å². The molecule has 0 N–H and O–H groups in total. The summed E-state index contributed by atoms with van der Waals surface area (Å²) in [5.41, 5.74) is 0. The van der Waals surface area contributed by atoms with E-state index in [0.717, 1.165) is 25.0 Å². The highest BCUT2D eigenvalue weighted by atomic mass is 16.5. The smallest absolute Gasteiger partial charge is 0.0494 e. The van der Waals surface area contributed by atoms with Crippen LogP contribution in [0.3, 0.4) is 0 Å². The summed E-state index contributed by atoms with van der Waals surface area (Å²) in [7, 11) is 0. The highest BCUT2D eigenvalue weighted by Crippen LogP contribution is 2.19. The molecule has 0 aliphatic rings. The van der Waals surface area contributed by atoms with Crippen LogP contribution in [0.1, 0.15) is 143 Å². The molecule has 0 saturated heterocycles. The van der Waals surface area contributed by atoms with E-state index in [9.17, 15) is 0 Å². The molecule has 0 rings (SSSR count). The molecule has 164 valence electrons. The van der Waals surface area contributed by atoms with Crippen molar-refractivity contribution in [2.75, 3.05) is 13.2 Å². The van der Waals surface area contributed by atoms with Gasteiger partial charge in [0, 0.05) is 13.2 Å². The topological polar surface area (TPSA) is 9.23 Å². The van der Waals surface area contributed by atoms with Crippen molar-refractivity contribution >= 4 is 0 Å². The van der Waals surface area contributed by atoms with E-state index in [1.807, 2.05) is 0 Å². The quantitative estimate of drug-likeness (QED) is 0.169. The molecule has 1 atom stereocenters. The van der Waals surface area contributed by atoms with Gasteiger partial charge in [-0.05, 0) is 31.1 Å². The zero-order valence-corrected chi connectivity index (χ0v) is 19.7. The molecule has 0 fully saturated rings. The second-order valence-corrected chi connectivity index (χ2v) is 9.30. The van der Waals surface area contributed by atoms with E-state index in [-0.39, 0.29) is 0 Å². The van der Waals surface area contributed by atoms with Gasteiger partial charge in [0.1, 0.15) is 0 Å². The molecular weight excluding hydrogens is 328 g/mol. The first kappa shape index (κ1) is 27.0. The van der Waals surface area contributed by atoms with Crippen LogP contribution in [0.4, 0.5) is 0 Å². The summed E-state index contributed by atoms with van der Waals surface area (Å²) >= 11 is 0. The van der Waals surface area contributed by atoms with Gasteiger partial charge in [-0.25, -0.2) is 0 Å². The molecular formula is C26H54O. The van der Waals surface area contributed by atoms with Crippen molar-refractivity contribution in [3.05, 3.63) is 0 Å². The Kier molecular flexibility index (Phi) is 22.2. The van der Waals surface area contributed by atoms with Crippen molar-refractivity contribution in [2.45, 2.75) is 143 Å². The molecule has 0 aromatic carbocycles. The maximum absolute atomic E-state index is 6.09. The lowest BCUT2D eigenvalue weighted by Gasteiger charge is -2.17. The fraction of sp³-hybridized carbons (Fsp3) is 1.00. The van der Waals surface area contributed by atoms with Crippen LogP contribution in [-0.4, -0.2) is 13.2 Å². The summed E-state index contributed by atoms with van der Waals surface area (Å²) in [5, 5.41) is 0. The minimum Gasteiger partial charge on any atom is -0.381 e. The summed E-state index contributed by atoms with van der Waals surface area (Å²) in [6.45, 7) is 11.3. The second kappa shape index (κ2) is 22.3. The van der Waals surface area contributed by atoms with Crippen LogP contribution in [0.5, 0.6) is 0 Å². The zero-order chi connectivity index (χ0) is 20.0. The summed E-state index contributed by atoms with van der Waals surface area (Å²) in [4.78, 5) is 0. The molecule has 0 radical (unpaired) electrons. The number of hydrogen-bond donors (Lipinski definition) is 0. The van der Waals surface area contributed by atoms with Gasteiger partial charge in [0.05, 0.1) is 0 Å². The molecule has 1 nitrogen and oxygen atoms in total. The standard InChI is InChI=1S/C26H54O/c1-5-7-9-11-14-18-22-26(21-17-10-8-6-2)24-27-23-19-15-12-13-16-20-25(3)4/h25-26H,5-24H2,1-4H3. The van der Waals surface area contributed by atoms with Gasteiger partial charge in [0.15, 0.2) is 0 Å². The maximum Gasteiger partial charge on any atom is 0.0494 e. The molecule has 1 unspecified atom stereocenters. The van der Waals surface area contributed by atoms with Crippen LogP contribution in [0.25, 0.3) is 0 Å². The van der Waals surface area contributed by atoms with E-state index in [4.69, 9.17) is 4.74 Å². The third-order valence-electron chi connectivity index (χ3n) is 5.86. The lowest BCUT2D eigenvalue weighted by Crippen LogP contribution is -2.11. The largest absolute Gasteiger partial charge is 0.381 e. The SMILES string of the molecule is CCCCCCCCC(CCCCCC)COCCCCCCCC(C)C. The van der Waals surface area contributed by atoms with Gasteiger partial charge < -0.3 is 4.74 Å². The average Bonchev–Trinajstić information content (AvgIpc) is 2.65.